The Labute approximate surface area is 87.3 Å². The van der Waals surface area contributed by atoms with Gasteiger partial charge in [0.1, 0.15) is 5.75 Å². The van der Waals surface area contributed by atoms with E-state index in [1.165, 1.54) is 6.41 Å². The zero-order valence-electron chi connectivity index (χ0n) is 7.13. The predicted octanol–water partition coefficient (Wildman–Crippen LogP) is 2.48. The summed E-state index contributed by atoms with van der Waals surface area (Å²) in [7, 11) is 0. The van der Waals surface area contributed by atoms with Crippen molar-refractivity contribution in [2.45, 2.75) is 10.4 Å². The number of carbonyl (C=O) groups excluding carboxylic acids is 1. The fourth-order valence-corrected chi connectivity index (χ4v) is 1.45. The van der Waals surface area contributed by atoms with E-state index in [2.05, 4.69) is 0 Å². The van der Waals surface area contributed by atoms with Gasteiger partial charge in [0.05, 0.1) is 5.69 Å². The first-order chi connectivity index (χ1) is 6.92. The molecule has 3 nitrogen and oxygen atoms in total. The monoisotopic (exact) mass is 236 g/mol. The molecule has 0 saturated carbocycles. The lowest BCUT2D eigenvalue weighted by Crippen LogP contribution is -2.00. The third-order valence-corrected chi connectivity index (χ3v) is 2.11. The Bertz CT molecular complexity index is 367. The second-order valence-corrected chi connectivity index (χ2v) is 3.59. The molecule has 0 atom stereocenters. The minimum Gasteiger partial charge on any atom is -0.506 e. The molecule has 0 aliphatic rings. The van der Waals surface area contributed by atoms with Crippen LogP contribution in [0, 0.1) is 0 Å². The molecule has 1 radical (unpaired) electrons. The van der Waals surface area contributed by atoms with Crippen molar-refractivity contribution in [3.63, 3.8) is 0 Å². The van der Waals surface area contributed by atoms with Crippen LogP contribution in [0.4, 0.5) is 18.9 Å². The number of halogens is 3. The van der Waals surface area contributed by atoms with E-state index >= 15 is 0 Å². The van der Waals surface area contributed by atoms with E-state index in [1.54, 1.807) is 0 Å². The summed E-state index contributed by atoms with van der Waals surface area (Å²) in [5, 5.41) is 11.1. The second kappa shape index (κ2) is 4.43. The summed E-state index contributed by atoms with van der Waals surface area (Å²) in [6.45, 7) is 0. The highest BCUT2D eigenvalue weighted by molar-refractivity contribution is 8.00. The molecule has 15 heavy (non-hydrogen) atoms. The maximum absolute atomic E-state index is 12.0. The van der Waals surface area contributed by atoms with Crippen LogP contribution in [-0.2, 0) is 4.79 Å². The zero-order valence-corrected chi connectivity index (χ0v) is 7.95. The molecule has 0 fully saturated rings. The Hall–Kier alpha value is -1.37. The number of thioether (sulfide) groups is 1. The Kier molecular flexibility index (Phi) is 3.46. The number of nitrogens with one attached hydrogen (secondary N) is 1. The lowest BCUT2D eigenvalue weighted by molar-refractivity contribution is -0.0328. The molecule has 0 bridgehead atoms. The summed E-state index contributed by atoms with van der Waals surface area (Å²) in [6.07, 6.45) is 1.26. The summed E-state index contributed by atoms with van der Waals surface area (Å²) in [4.78, 5) is 9.82. The zero-order chi connectivity index (χ0) is 11.5. The van der Waals surface area contributed by atoms with Gasteiger partial charge in [-0.15, -0.1) is 0 Å². The molecule has 0 aromatic heterocycles. The summed E-state index contributed by atoms with van der Waals surface area (Å²) < 4.78 is 35.9. The normalized spacial score (nSPS) is 11.1. The van der Waals surface area contributed by atoms with Crippen molar-refractivity contribution in [2.75, 3.05) is 5.32 Å². The molecule has 0 saturated heterocycles. The maximum atomic E-state index is 12.0. The first kappa shape index (κ1) is 11.7. The summed E-state index contributed by atoms with van der Waals surface area (Å²) in [5.41, 5.74) is -4.52. The molecule has 0 aliphatic heterocycles. The topological polar surface area (TPSA) is 49.3 Å². The minimum atomic E-state index is -4.40. The molecule has 7 heteroatoms. The number of anilines is 1. The Morgan fingerprint density at radius 2 is 2.07 bits per heavy atom. The van der Waals surface area contributed by atoms with Crippen LogP contribution >= 0.6 is 11.8 Å². The first-order valence-electron chi connectivity index (χ1n) is 3.64. The van der Waals surface area contributed by atoms with Crippen LogP contribution in [0.2, 0.25) is 0 Å². The van der Waals surface area contributed by atoms with Crippen LogP contribution in [-0.4, -0.2) is 17.0 Å². The summed E-state index contributed by atoms with van der Waals surface area (Å²) >= 11 is -0.331. The van der Waals surface area contributed by atoms with E-state index in [4.69, 9.17) is 5.11 Å². The van der Waals surface area contributed by atoms with Gasteiger partial charge in [0.15, 0.2) is 0 Å². The third-order valence-electron chi connectivity index (χ3n) is 1.39. The van der Waals surface area contributed by atoms with Gasteiger partial charge in [-0.2, -0.15) is 13.2 Å². The van der Waals surface area contributed by atoms with Gasteiger partial charge in [0.25, 0.3) is 0 Å². The van der Waals surface area contributed by atoms with Crippen LogP contribution in [0.1, 0.15) is 0 Å². The molecule has 1 amide bonds. The van der Waals surface area contributed by atoms with Gasteiger partial charge in [-0.25, -0.2) is 0 Å². The predicted molar refractivity (Wildman–Crippen MR) is 49.3 cm³/mol. The lowest BCUT2D eigenvalue weighted by Gasteiger charge is -2.07. The third kappa shape index (κ3) is 3.70. The van der Waals surface area contributed by atoms with Crippen molar-refractivity contribution < 1.29 is 23.1 Å². The smallest absolute Gasteiger partial charge is 0.446 e. The Balaban J connectivity index is 2.92. The number of hydrogen-bond donors (Lipinski definition) is 2. The molecule has 1 aromatic rings. The molecule has 1 rings (SSSR count). The SMILES string of the molecule is O=[C]Nc1cc(SC(F)(F)F)ccc1O. The largest absolute Gasteiger partial charge is 0.506 e. The number of hydrogen-bond acceptors (Lipinski definition) is 3. The Morgan fingerprint density at radius 3 is 2.60 bits per heavy atom. The van der Waals surface area contributed by atoms with Crippen LogP contribution in [0.3, 0.4) is 0 Å². The highest BCUT2D eigenvalue weighted by atomic mass is 32.2. The van der Waals surface area contributed by atoms with Gasteiger partial charge >= 0.3 is 11.9 Å². The first-order valence-corrected chi connectivity index (χ1v) is 4.46. The molecule has 1 aromatic carbocycles. The number of aromatic hydroxyl groups is 1. The van der Waals surface area contributed by atoms with E-state index in [-0.39, 0.29) is 28.1 Å². The van der Waals surface area contributed by atoms with Crippen LogP contribution < -0.4 is 5.32 Å². The maximum Gasteiger partial charge on any atom is 0.446 e. The fourth-order valence-electron chi connectivity index (χ4n) is 0.867. The number of alkyl halides is 3. The van der Waals surface area contributed by atoms with Crippen molar-refractivity contribution in [2.24, 2.45) is 0 Å². The van der Waals surface area contributed by atoms with Crippen molar-refractivity contribution in [1.82, 2.24) is 0 Å². The highest BCUT2D eigenvalue weighted by Crippen LogP contribution is 2.39. The second-order valence-electron chi connectivity index (χ2n) is 2.45. The number of amides is 1. The summed E-state index contributed by atoms with van der Waals surface area (Å²) in [5.74, 6) is -0.315. The van der Waals surface area contributed by atoms with E-state index in [1.807, 2.05) is 5.32 Å². The van der Waals surface area contributed by atoms with E-state index < -0.39 is 5.51 Å². The van der Waals surface area contributed by atoms with Gasteiger partial charge in [-0.1, -0.05) is 0 Å². The molecule has 2 N–H and O–H groups in total. The van der Waals surface area contributed by atoms with E-state index in [0.29, 0.717) is 0 Å². The fraction of sp³-hybridized carbons (Fsp3) is 0.125. The molecule has 81 valence electrons. The Morgan fingerprint density at radius 1 is 1.40 bits per heavy atom. The van der Waals surface area contributed by atoms with Crippen LogP contribution in [0.15, 0.2) is 23.1 Å². The lowest BCUT2D eigenvalue weighted by atomic mass is 10.3. The average molecular weight is 236 g/mol. The van der Waals surface area contributed by atoms with Crippen LogP contribution in [0.25, 0.3) is 0 Å². The van der Waals surface area contributed by atoms with E-state index in [9.17, 15) is 18.0 Å². The number of phenols is 1. The van der Waals surface area contributed by atoms with Gasteiger partial charge in [0.2, 0.25) is 0 Å². The molecular weight excluding hydrogens is 231 g/mol. The standard InChI is InChI=1S/C8H5F3NO2S/c9-8(10,11)15-5-1-2-7(14)6(3-5)12-4-13/h1-3,14H,(H,12,13). The molecule has 0 spiro atoms. The van der Waals surface area contributed by atoms with Gasteiger partial charge in [-0.05, 0) is 30.0 Å². The summed E-state index contributed by atoms with van der Waals surface area (Å²) in [6, 6.07) is 3.18. The van der Waals surface area contributed by atoms with Crippen molar-refractivity contribution >= 4 is 23.9 Å². The molecule has 0 heterocycles. The van der Waals surface area contributed by atoms with Crippen molar-refractivity contribution in [3.05, 3.63) is 18.2 Å². The molecule has 0 unspecified atom stereocenters. The van der Waals surface area contributed by atoms with Gasteiger partial charge in [0, 0.05) is 4.90 Å². The van der Waals surface area contributed by atoms with Crippen molar-refractivity contribution in [1.29, 1.82) is 0 Å². The van der Waals surface area contributed by atoms with Crippen molar-refractivity contribution in [3.8, 4) is 5.75 Å². The average Bonchev–Trinajstić information content (AvgIpc) is 2.09. The minimum absolute atomic E-state index is 0.112. The highest BCUT2D eigenvalue weighted by Gasteiger charge is 2.29. The van der Waals surface area contributed by atoms with Gasteiger partial charge in [-0.3, -0.25) is 4.79 Å². The number of rotatable bonds is 3. The number of benzene rings is 1. The quantitative estimate of drug-likeness (QED) is 0.481. The number of phenolic OH excluding ortho intramolecular Hbond substituents is 1. The van der Waals surface area contributed by atoms with E-state index in [0.717, 1.165) is 18.2 Å². The molecular formula is C8H5F3NO2S. The van der Waals surface area contributed by atoms with Crippen LogP contribution in [0.5, 0.6) is 5.75 Å². The van der Waals surface area contributed by atoms with Gasteiger partial charge < -0.3 is 10.4 Å². The molecule has 0 aliphatic carbocycles.